The molecule has 2 amide bonds. The maximum atomic E-state index is 12.6. The number of amides is 2. The van der Waals surface area contributed by atoms with Gasteiger partial charge in [0, 0.05) is 42.1 Å². The molecule has 0 atom stereocenters. The maximum Gasteiger partial charge on any atom is 0.255 e. The van der Waals surface area contributed by atoms with Gasteiger partial charge in [-0.25, -0.2) is 0 Å². The molecule has 1 aromatic carbocycles. The molecular weight excluding hydrogens is 361 g/mol. The molecule has 0 spiro atoms. The number of aromatic nitrogens is 1. The van der Waals surface area contributed by atoms with Crippen LogP contribution in [0.15, 0.2) is 42.7 Å². The van der Waals surface area contributed by atoms with Crippen LogP contribution in [0.2, 0.25) is 10.0 Å². The molecule has 0 radical (unpaired) electrons. The van der Waals surface area contributed by atoms with E-state index in [-0.39, 0.29) is 17.9 Å². The molecule has 3 rings (SSSR count). The molecule has 0 bridgehead atoms. The quantitative estimate of drug-likeness (QED) is 0.890. The van der Waals surface area contributed by atoms with Crippen molar-refractivity contribution in [1.82, 2.24) is 15.2 Å². The Morgan fingerprint density at radius 2 is 1.76 bits per heavy atom. The first-order valence-corrected chi connectivity index (χ1v) is 8.75. The van der Waals surface area contributed by atoms with Gasteiger partial charge in [0.2, 0.25) is 0 Å². The van der Waals surface area contributed by atoms with Crippen molar-refractivity contribution in [3.05, 3.63) is 63.9 Å². The minimum Gasteiger partial charge on any atom is -0.349 e. The molecule has 1 aliphatic heterocycles. The highest BCUT2D eigenvalue weighted by atomic mass is 35.5. The summed E-state index contributed by atoms with van der Waals surface area (Å²) in [4.78, 5) is 30.4. The van der Waals surface area contributed by atoms with Crippen molar-refractivity contribution in [1.29, 1.82) is 0 Å². The zero-order valence-electron chi connectivity index (χ0n) is 13.4. The first-order chi connectivity index (χ1) is 12.0. The Balaban J connectivity index is 1.57. The Morgan fingerprint density at radius 3 is 2.44 bits per heavy atom. The van der Waals surface area contributed by atoms with Crippen molar-refractivity contribution in [3.63, 3.8) is 0 Å². The Kier molecular flexibility index (Phi) is 5.56. The van der Waals surface area contributed by atoms with Crippen LogP contribution >= 0.6 is 23.2 Å². The second-order valence-electron chi connectivity index (χ2n) is 5.90. The minimum absolute atomic E-state index is 0.0412. The number of nitrogens with zero attached hydrogens (tertiary/aromatic N) is 2. The molecule has 25 heavy (non-hydrogen) atoms. The Labute approximate surface area is 155 Å². The van der Waals surface area contributed by atoms with Crippen molar-refractivity contribution in [2.75, 3.05) is 13.1 Å². The normalized spacial score (nSPS) is 15.0. The second kappa shape index (κ2) is 7.85. The number of benzene rings is 1. The molecule has 2 heterocycles. The highest BCUT2D eigenvalue weighted by Crippen LogP contribution is 2.23. The SMILES string of the molecule is O=C(NC1CCN(C(=O)c2cc(Cl)ccc2Cl)CC1)c1ccncc1. The average Bonchev–Trinajstić information content (AvgIpc) is 2.64. The van der Waals surface area contributed by atoms with Gasteiger partial charge < -0.3 is 10.2 Å². The number of pyridine rings is 1. The molecule has 1 aromatic heterocycles. The highest BCUT2D eigenvalue weighted by Gasteiger charge is 2.26. The van der Waals surface area contributed by atoms with Crippen LogP contribution in [0.1, 0.15) is 33.6 Å². The number of rotatable bonds is 3. The summed E-state index contributed by atoms with van der Waals surface area (Å²) in [6, 6.07) is 8.26. The van der Waals surface area contributed by atoms with E-state index in [0.29, 0.717) is 47.1 Å². The lowest BCUT2D eigenvalue weighted by molar-refractivity contribution is 0.0698. The van der Waals surface area contributed by atoms with Crippen LogP contribution < -0.4 is 5.32 Å². The van der Waals surface area contributed by atoms with Gasteiger partial charge in [-0.15, -0.1) is 0 Å². The molecule has 0 unspecified atom stereocenters. The van der Waals surface area contributed by atoms with Gasteiger partial charge in [-0.05, 0) is 43.2 Å². The fourth-order valence-corrected chi connectivity index (χ4v) is 3.20. The third-order valence-corrected chi connectivity index (χ3v) is 4.78. The van der Waals surface area contributed by atoms with Crippen LogP contribution in [0.25, 0.3) is 0 Å². The fraction of sp³-hybridized carbons (Fsp3) is 0.278. The van der Waals surface area contributed by atoms with Crippen molar-refractivity contribution in [2.45, 2.75) is 18.9 Å². The molecule has 1 aliphatic rings. The van der Waals surface area contributed by atoms with E-state index in [0.717, 1.165) is 0 Å². The topological polar surface area (TPSA) is 62.3 Å². The van der Waals surface area contributed by atoms with Crippen LogP contribution in [0, 0.1) is 0 Å². The predicted molar refractivity (Wildman–Crippen MR) is 97.1 cm³/mol. The maximum absolute atomic E-state index is 12.6. The van der Waals surface area contributed by atoms with E-state index in [1.165, 1.54) is 0 Å². The van der Waals surface area contributed by atoms with E-state index in [9.17, 15) is 9.59 Å². The summed E-state index contributed by atoms with van der Waals surface area (Å²) < 4.78 is 0. The number of halogens is 2. The summed E-state index contributed by atoms with van der Waals surface area (Å²) in [5.74, 6) is -0.253. The molecule has 0 aliphatic carbocycles. The van der Waals surface area contributed by atoms with Gasteiger partial charge in [0.1, 0.15) is 0 Å². The lowest BCUT2D eigenvalue weighted by atomic mass is 10.0. The lowest BCUT2D eigenvalue weighted by Crippen LogP contribution is -2.46. The molecule has 7 heteroatoms. The zero-order chi connectivity index (χ0) is 17.8. The number of likely N-dealkylation sites (tertiary alicyclic amines) is 1. The smallest absolute Gasteiger partial charge is 0.255 e. The van der Waals surface area contributed by atoms with Crippen molar-refractivity contribution in [3.8, 4) is 0 Å². The first-order valence-electron chi connectivity index (χ1n) is 8.00. The van der Waals surface area contributed by atoms with Gasteiger partial charge in [-0.1, -0.05) is 23.2 Å². The molecule has 1 fully saturated rings. The monoisotopic (exact) mass is 377 g/mol. The number of hydrogen-bond donors (Lipinski definition) is 1. The first kappa shape index (κ1) is 17.7. The van der Waals surface area contributed by atoms with E-state index < -0.39 is 0 Å². The molecule has 5 nitrogen and oxygen atoms in total. The highest BCUT2D eigenvalue weighted by molar-refractivity contribution is 6.35. The Bertz CT molecular complexity index is 775. The lowest BCUT2D eigenvalue weighted by Gasteiger charge is -2.32. The summed E-state index contributed by atoms with van der Waals surface area (Å²) >= 11 is 12.1. The summed E-state index contributed by atoms with van der Waals surface area (Å²) in [6.45, 7) is 1.12. The fourth-order valence-electron chi connectivity index (χ4n) is 2.83. The number of hydrogen-bond acceptors (Lipinski definition) is 3. The minimum atomic E-state index is -0.133. The van der Waals surface area contributed by atoms with Crippen molar-refractivity contribution >= 4 is 35.0 Å². The summed E-state index contributed by atoms with van der Waals surface area (Å²) in [7, 11) is 0. The van der Waals surface area contributed by atoms with E-state index in [1.807, 2.05) is 0 Å². The number of piperidine rings is 1. The summed E-state index contributed by atoms with van der Waals surface area (Å²) in [5, 5.41) is 3.87. The third kappa shape index (κ3) is 4.30. The van der Waals surface area contributed by atoms with Gasteiger partial charge in [-0.2, -0.15) is 0 Å². The van der Waals surface area contributed by atoms with Crippen molar-refractivity contribution < 1.29 is 9.59 Å². The van der Waals surface area contributed by atoms with Crippen molar-refractivity contribution in [2.24, 2.45) is 0 Å². The van der Waals surface area contributed by atoms with Gasteiger partial charge in [0.05, 0.1) is 10.6 Å². The molecular formula is C18H17Cl2N3O2. The van der Waals surface area contributed by atoms with Crippen LogP contribution in [-0.4, -0.2) is 40.8 Å². The van der Waals surface area contributed by atoms with Crippen LogP contribution in [0.3, 0.4) is 0 Å². The van der Waals surface area contributed by atoms with Gasteiger partial charge in [-0.3, -0.25) is 14.6 Å². The summed E-state index contributed by atoms with van der Waals surface area (Å²) in [5.41, 5.74) is 0.993. The van der Waals surface area contributed by atoms with E-state index in [2.05, 4.69) is 10.3 Å². The predicted octanol–water partition coefficient (Wildman–Crippen LogP) is 3.42. The number of nitrogens with one attached hydrogen (secondary N) is 1. The zero-order valence-corrected chi connectivity index (χ0v) is 14.9. The molecule has 0 saturated carbocycles. The molecule has 2 aromatic rings. The van der Waals surface area contributed by atoms with Crippen LogP contribution in [0.5, 0.6) is 0 Å². The van der Waals surface area contributed by atoms with Gasteiger partial charge in [0.25, 0.3) is 11.8 Å². The van der Waals surface area contributed by atoms with Crippen LogP contribution in [0.4, 0.5) is 0 Å². The van der Waals surface area contributed by atoms with E-state index in [1.54, 1.807) is 47.6 Å². The third-order valence-electron chi connectivity index (χ3n) is 4.22. The van der Waals surface area contributed by atoms with E-state index >= 15 is 0 Å². The van der Waals surface area contributed by atoms with Gasteiger partial charge >= 0.3 is 0 Å². The summed E-state index contributed by atoms with van der Waals surface area (Å²) in [6.07, 6.45) is 4.57. The Morgan fingerprint density at radius 1 is 1.08 bits per heavy atom. The Hall–Kier alpha value is -2.11. The van der Waals surface area contributed by atoms with Gasteiger partial charge in [0.15, 0.2) is 0 Å². The van der Waals surface area contributed by atoms with Crippen LogP contribution in [-0.2, 0) is 0 Å². The standard InChI is InChI=1S/C18H17Cl2N3O2/c19-13-1-2-16(20)15(11-13)18(25)23-9-5-14(6-10-23)22-17(24)12-3-7-21-8-4-12/h1-4,7-8,11,14H,5-6,9-10H2,(H,22,24). The number of carbonyl (C=O) groups is 2. The second-order valence-corrected chi connectivity index (χ2v) is 6.74. The molecule has 1 N–H and O–H groups in total. The molecule has 1 saturated heterocycles. The average molecular weight is 378 g/mol. The van der Waals surface area contributed by atoms with E-state index in [4.69, 9.17) is 23.2 Å². The number of carbonyl (C=O) groups excluding carboxylic acids is 2. The molecule has 130 valence electrons. The largest absolute Gasteiger partial charge is 0.349 e.